The number of aliphatic carboxylic acids is 1. The van der Waals surface area contributed by atoms with E-state index in [4.69, 9.17) is 4.74 Å². The second-order valence-corrected chi connectivity index (χ2v) is 6.91. The molecule has 2 fully saturated rings. The smallest absolute Gasteiger partial charge is 0.306 e. The van der Waals surface area contributed by atoms with E-state index in [0.717, 1.165) is 25.7 Å². The van der Waals surface area contributed by atoms with Crippen LogP contribution in [0.4, 0.5) is 5.69 Å². The van der Waals surface area contributed by atoms with E-state index >= 15 is 0 Å². The quantitative estimate of drug-likeness (QED) is 0.859. The van der Waals surface area contributed by atoms with Gasteiger partial charge in [0.15, 0.2) is 0 Å². The molecule has 24 heavy (non-hydrogen) atoms. The highest BCUT2D eigenvalue weighted by molar-refractivity contribution is 5.94. The second-order valence-electron chi connectivity index (χ2n) is 6.91. The van der Waals surface area contributed by atoms with Gasteiger partial charge in [-0.2, -0.15) is 0 Å². The normalized spacial score (nSPS) is 24.5. The van der Waals surface area contributed by atoms with Gasteiger partial charge in [0.2, 0.25) is 5.91 Å². The molecule has 2 aliphatic carbocycles. The Labute approximate surface area is 142 Å². The first-order valence-electron chi connectivity index (χ1n) is 8.93. The van der Waals surface area contributed by atoms with Crippen LogP contribution in [0.5, 0.6) is 5.75 Å². The zero-order chi connectivity index (χ0) is 16.9. The average molecular weight is 331 g/mol. The summed E-state index contributed by atoms with van der Waals surface area (Å²) in [5.41, 5.74) is 0.687. The van der Waals surface area contributed by atoms with Crippen molar-refractivity contribution in [2.45, 2.75) is 57.5 Å². The lowest BCUT2D eigenvalue weighted by atomic mass is 9.81. The summed E-state index contributed by atoms with van der Waals surface area (Å²) in [5.74, 6) is -0.817. The van der Waals surface area contributed by atoms with E-state index in [1.165, 1.54) is 12.8 Å². The maximum absolute atomic E-state index is 12.6. The van der Waals surface area contributed by atoms with Crippen LogP contribution in [0.1, 0.15) is 51.4 Å². The minimum atomic E-state index is -0.794. The summed E-state index contributed by atoms with van der Waals surface area (Å²) < 4.78 is 6.05. The standard InChI is InChI=1S/C19H25NO4/c21-18(13-6-5-7-14(12-13)19(22)23)20-16-10-3-4-11-17(16)24-15-8-1-2-9-15/h3-4,10-11,13-15H,1-2,5-9,12H2,(H,20,21)(H,22,23). The van der Waals surface area contributed by atoms with E-state index in [0.29, 0.717) is 24.3 Å². The molecule has 0 radical (unpaired) electrons. The third kappa shape index (κ3) is 4.08. The molecule has 5 nitrogen and oxygen atoms in total. The summed E-state index contributed by atoms with van der Waals surface area (Å²) in [5, 5.41) is 12.1. The molecule has 2 saturated carbocycles. The summed E-state index contributed by atoms with van der Waals surface area (Å²) in [6, 6.07) is 7.51. The fraction of sp³-hybridized carbons (Fsp3) is 0.579. The molecule has 0 aromatic heterocycles. The molecule has 130 valence electrons. The van der Waals surface area contributed by atoms with Crippen LogP contribution < -0.4 is 10.1 Å². The van der Waals surface area contributed by atoms with Crippen LogP contribution in [0, 0.1) is 11.8 Å². The summed E-state index contributed by atoms with van der Waals surface area (Å²) in [6.07, 6.45) is 7.37. The van der Waals surface area contributed by atoms with Crippen LogP contribution in [-0.4, -0.2) is 23.1 Å². The zero-order valence-electron chi connectivity index (χ0n) is 13.9. The molecule has 2 atom stereocenters. The third-order valence-corrected chi connectivity index (χ3v) is 5.14. The van der Waals surface area contributed by atoms with Crippen molar-refractivity contribution in [1.82, 2.24) is 0 Å². The predicted molar refractivity (Wildman–Crippen MR) is 91.0 cm³/mol. The minimum Gasteiger partial charge on any atom is -0.488 e. The highest BCUT2D eigenvalue weighted by Crippen LogP contribution is 2.33. The first kappa shape index (κ1) is 16.8. The number of rotatable bonds is 5. The summed E-state index contributed by atoms with van der Waals surface area (Å²) in [6.45, 7) is 0. The van der Waals surface area contributed by atoms with Gasteiger partial charge in [-0.3, -0.25) is 9.59 Å². The summed E-state index contributed by atoms with van der Waals surface area (Å²) in [4.78, 5) is 23.7. The van der Waals surface area contributed by atoms with Crippen molar-refractivity contribution in [3.05, 3.63) is 24.3 Å². The largest absolute Gasteiger partial charge is 0.488 e. The first-order chi connectivity index (χ1) is 11.6. The monoisotopic (exact) mass is 331 g/mol. The minimum absolute atomic E-state index is 0.0941. The number of carbonyl (C=O) groups is 2. The lowest BCUT2D eigenvalue weighted by molar-refractivity contribution is -0.143. The zero-order valence-corrected chi connectivity index (χ0v) is 13.9. The number of hydrogen-bond acceptors (Lipinski definition) is 3. The Morgan fingerprint density at radius 2 is 1.71 bits per heavy atom. The third-order valence-electron chi connectivity index (χ3n) is 5.14. The summed E-state index contributed by atoms with van der Waals surface area (Å²) >= 11 is 0. The van der Waals surface area contributed by atoms with E-state index in [1.54, 1.807) is 0 Å². The van der Waals surface area contributed by atoms with Crippen LogP contribution in [0.3, 0.4) is 0 Å². The maximum Gasteiger partial charge on any atom is 0.306 e. The number of benzene rings is 1. The van der Waals surface area contributed by atoms with E-state index in [2.05, 4.69) is 5.32 Å². The molecule has 2 aliphatic rings. The molecule has 1 aromatic carbocycles. The number of nitrogens with one attached hydrogen (secondary N) is 1. The van der Waals surface area contributed by atoms with E-state index in [-0.39, 0.29) is 17.9 Å². The van der Waals surface area contributed by atoms with Crippen molar-refractivity contribution in [3.63, 3.8) is 0 Å². The number of carboxylic acids is 1. The molecule has 0 heterocycles. The molecule has 0 saturated heterocycles. The fourth-order valence-corrected chi connectivity index (χ4v) is 3.75. The van der Waals surface area contributed by atoms with Crippen molar-refractivity contribution < 1.29 is 19.4 Å². The molecular formula is C19H25NO4. The Morgan fingerprint density at radius 1 is 1.00 bits per heavy atom. The molecule has 2 unspecified atom stereocenters. The highest BCUT2D eigenvalue weighted by atomic mass is 16.5. The second kappa shape index (κ2) is 7.69. The van der Waals surface area contributed by atoms with E-state index in [1.807, 2.05) is 24.3 Å². The first-order valence-corrected chi connectivity index (χ1v) is 8.93. The lowest BCUT2D eigenvalue weighted by Gasteiger charge is -2.26. The Morgan fingerprint density at radius 3 is 2.46 bits per heavy atom. The molecule has 0 bridgehead atoms. The molecule has 5 heteroatoms. The van der Waals surface area contributed by atoms with E-state index in [9.17, 15) is 14.7 Å². The van der Waals surface area contributed by atoms with Crippen LogP contribution in [0.25, 0.3) is 0 Å². The lowest BCUT2D eigenvalue weighted by Crippen LogP contribution is -2.31. The number of anilines is 1. The molecule has 1 aromatic rings. The van der Waals surface area contributed by atoms with Gasteiger partial charge in [0.25, 0.3) is 0 Å². The van der Waals surface area contributed by atoms with Gasteiger partial charge in [-0.15, -0.1) is 0 Å². The van der Waals surface area contributed by atoms with Crippen LogP contribution in [0.15, 0.2) is 24.3 Å². The molecule has 2 N–H and O–H groups in total. The summed E-state index contributed by atoms with van der Waals surface area (Å²) in [7, 11) is 0. The van der Waals surface area contributed by atoms with Crippen molar-refractivity contribution in [1.29, 1.82) is 0 Å². The Bertz CT molecular complexity index is 595. The number of amides is 1. The Kier molecular flexibility index (Phi) is 5.38. The van der Waals surface area contributed by atoms with Crippen molar-refractivity contribution in [2.24, 2.45) is 11.8 Å². The van der Waals surface area contributed by atoms with Gasteiger partial charge >= 0.3 is 5.97 Å². The molecule has 0 spiro atoms. The topological polar surface area (TPSA) is 75.6 Å². The number of carboxylic acid groups (broad SMARTS) is 1. The highest BCUT2D eigenvalue weighted by Gasteiger charge is 2.31. The Balaban J connectivity index is 1.64. The van der Waals surface area contributed by atoms with E-state index < -0.39 is 11.9 Å². The fourth-order valence-electron chi connectivity index (χ4n) is 3.75. The van der Waals surface area contributed by atoms with Gasteiger partial charge in [-0.1, -0.05) is 18.6 Å². The van der Waals surface area contributed by atoms with Crippen LogP contribution >= 0.6 is 0 Å². The number of carbonyl (C=O) groups excluding carboxylic acids is 1. The van der Waals surface area contributed by atoms with Crippen LogP contribution in [0.2, 0.25) is 0 Å². The van der Waals surface area contributed by atoms with Crippen LogP contribution in [-0.2, 0) is 9.59 Å². The van der Waals surface area contributed by atoms with Gasteiger partial charge in [-0.25, -0.2) is 0 Å². The van der Waals surface area contributed by atoms with Gasteiger partial charge in [-0.05, 0) is 57.1 Å². The predicted octanol–water partition coefficient (Wildman–Crippen LogP) is 3.84. The average Bonchev–Trinajstić information content (AvgIpc) is 3.10. The Hall–Kier alpha value is -2.04. The van der Waals surface area contributed by atoms with Gasteiger partial charge in [0.05, 0.1) is 17.7 Å². The SMILES string of the molecule is O=C(O)C1CCCC(C(=O)Nc2ccccc2OC2CCCC2)C1. The molecule has 0 aliphatic heterocycles. The molecular weight excluding hydrogens is 306 g/mol. The van der Waals surface area contributed by atoms with Gasteiger partial charge in [0, 0.05) is 5.92 Å². The van der Waals surface area contributed by atoms with Crippen molar-refractivity contribution in [2.75, 3.05) is 5.32 Å². The number of hydrogen-bond donors (Lipinski definition) is 2. The maximum atomic E-state index is 12.6. The molecule has 1 amide bonds. The van der Waals surface area contributed by atoms with Crippen molar-refractivity contribution in [3.8, 4) is 5.75 Å². The molecule has 3 rings (SSSR count). The van der Waals surface area contributed by atoms with Crippen molar-refractivity contribution >= 4 is 17.6 Å². The van der Waals surface area contributed by atoms with Gasteiger partial charge < -0.3 is 15.2 Å². The number of para-hydroxylation sites is 2. The number of ether oxygens (including phenoxy) is 1. The van der Waals surface area contributed by atoms with Gasteiger partial charge in [0.1, 0.15) is 5.75 Å².